The SMILES string of the molecule is CCNC(=NCc1ccc(-n2nc(C)cc2C)nc1)NC(C)C(C)C.I. The Bertz CT molecular complexity index is 705. The molecule has 0 aromatic carbocycles. The van der Waals surface area contributed by atoms with Crippen molar-refractivity contribution in [3.05, 3.63) is 41.3 Å². The Morgan fingerprint density at radius 2 is 1.96 bits per heavy atom. The zero-order chi connectivity index (χ0) is 18.4. The Morgan fingerprint density at radius 1 is 1.23 bits per heavy atom. The molecule has 6 nitrogen and oxygen atoms in total. The van der Waals surface area contributed by atoms with Crippen LogP contribution >= 0.6 is 24.0 Å². The van der Waals surface area contributed by atoms with Crippen LogP contribution in [0.4, 0.5) is 0 Å². The first kappa shape index (κ1) is 22.4. The van der Waals surface area contributed by atoms with Gasteiger partial charge in [0.15, 0.2) is 11.8 Å². The first-order valence-corrected chi connectivity index (χ1v) is 8.94. The van der Waals surface area contributed by atoms with E-state index in [2.05, 4.69) is 59.5 Å². The lowest BCUT2D eigenvalue weighted by Crippen LogP contribution is -2.44. The molecule has 0 aliphatic heterocycles. The van der Waals surface area contributed by atoms with Crippen LogP contribution in [0.5, 0.6) is 0 Å². The number of aromatic nitrogens is 3. The molecular formula is C19H31IN6. The van der Waals surface area contributed by atoms with E-state index in [9.17, 15) is 0 Å². The fourth-order valence-electron chi connectivity index (χ4n) is 2.37. The molecule has 1 unspecified atom stereocenters. The minimum atomic E-state index is 0. The molecule has 1 atom stereocenters. The molecule has 2 heterocycles. The number of hydrogen-bond donors (Lipinski definition) is 2. The fraction of sp³-hybridized carbons (Fsp3) is 0.526. The zero-order valence-electron chi connectivity index (χ0n) is 16.6. The third-order valence-corrected chi connectivity index (χ3v) is 4.16. The summed E-state index contributed by atoms with van der Waals surface area (Å²) in [5.41, 5.74) is 3.14. The van der Waals surface area contributed by atoms with Crippen molar-refractivity contribution in [1.29, 1.82) is 0 Å². The molecular weight excluding hydrogens is 439 g/mol. The van der Waals surface area contributed by atoms with Crippen LogP contribution in [0.1, 0.15) is 44.6 Å². The standard InChI is InChI=1S/C19H30N6.HI/c1-7-20-19(23-16(6)13(2)3)22-12-17-8-9-18(21-11-17)25-15(5)10-14(4)24-25;/h8-11,13,16H,7,12H2,1-6H3,(H2,20,22,23);1H. The van der Waals surface area contributed by atoms with Crippen molar-refractivity contribution < 1.29 is 0 Å². The van der Waals surface area contributed by atoms with E-state index in [0.29, 0.717) is 18.5 Å². The highest BCUT2D eigenvalue weighted by Gasteiger charge is 2.09. The van der Waals surface area contributed by atoms with Crippen LogP contribution in [0.2, 0.25) is 0 Å². The monoisotopic (exact) mass is 470 g/mol. The van der Waals surface area contributed by atoms with E-state index in [0.717, 1.165) is 35.3 Å². The number of nitrogens with zero attached hydrogens (tertiary/aromatic N) is 4. The van der Waals surface area contributed by atoms with E-state index in [-0.39, 0.29) is 24.0 Å². The molecule has 0 amide bonds. The normalized spacial score (nSPS) is 12.7. The van der Waals surface area contributed by atoms with Crippen LogP contribution in [0.3, 0.4) is 0 Å². The minimum absolute atomic E-state index is 0. The summed E-state index contributed by atoms with van der Waals surface area (Å²) in [5.74, 6) is 2.22. The second-order valence-electron chi connectivity index (χ2n) is 6.74. The number of aliphatic imine (C=N–C) groups is 1. The third-order valence-electron chi connectivity index (χ3n) is 4.16. The molecule has 26 heavy (non-hydrogen) atoms. The molecule has 0 radical (unpaired) electrons. The first-order chi connectivity index (χ1) is 11.9. The van der Waals surface area contributed by atoms with Gasteiger partial charge in [0.05, 0.1) is 12.2 Å². The number of guanidine groups is 1. The first-order valence-electron chi connectivity index (χ1n) is 8.94. The minimum Gasteiger partial charge on any atom is -0.357 e. The van der Waals surface area contributed by atoms with Gasteiger partial charge in [0.2, 0.25) is 0 Å². The van der Waals surface area contributed by atoms with Crippen LogP contribution < -0.4 is 10.6 Å². The zero-order valence-corrected chi connectivity index (χ0v) is 18.9. The Labute approximate surface area is 173 Å². The van der Waals surface area contributed by atoms with Gasteiger partial charge in [0.25, 0.3) is 0 Å². The summed E-state index contributed by atoms with van der Waals surface area (Å²) in [7, 11) is 0. The molecule has 7 heteroatoms. The topological polar surface area (TPSA) is 67.1 Å². The van der Waals surface area contributed by atoms with Crippen molar-refractivity contribution in [3.63, 3.8) is 0 Å². The van der Waals surface area contributed by atoms with Gasteiger partial charge in [-0.25, -0.2) is 14.7 Å². The highest BCUT2D eigenvalue weighted by molar-refractivity contribution is 14.0. The molecule has 2 N–H and O–H groups in total. The Balaban J connectivity index is 0.00000338. The van der Waals surface area contributed by atoms with Gasteiger partial charge in [-0.15, -0.1) is 24.0 Å². The summed E-state index contributed by atoms with van der Waals surface area (Å²) >= 11 is 0. The average Bonchev–Trinajstić information content (AvgIpc) is 2.91. The van der Waals surface area contributed by atoms with Gasteiger partial charge >= 0.3 is 0 Å². The second kappa shape index (κ2) is 10.5. The molecule has 144 valence electrons. The lowest BCUT2D eigenvalue weighted by molar-refractivity contribution is 0.481. The van der Waals surface area contributed by atoms with Gasteiger partial charge in [-0.2, -0.15) is 5.10 Å². The number of hydrogen-bond acceptors (Lipinski definition) is 3. The highest BCUT2D eigenvalue weighted by Crippen LogP contribution is 2.10. The summed E-state index contributed by atoms with van der Waals surface area (Å²) in [6.45, 7) is 14.1. The number of nitrogens with one attached hydrogen (secondary N) is 2. The van der Waals surface area contributed by atoms with Gasteiger partial charge in [-0.1, -0.05) is 19.9 Å². The van der Waals surface area contributed by atoms with E-state index >= 15 is 0 Å². The largest absolute Gasteiger partial charge is 0.357 e. The predicted molar refractivity (Wildman–Crippen MR) is 118 cm³/mol. The highest BCUT2D eigenvalue weighted by atomic mass is 127. The molecule has 0 aliphatic carbocycles. The van der Waals surface area contributed by atoms with Crippen molar-refractivity contribution in [2.75, 3.05) is 6.54 Å². The molecule has 0 fully saturated rings. The molecule has 2 aromatic rings. The van der Waals surface area contributed by atoms with Crippen LogP contribution in [-0.4, -0.2) is 33.3 Å². The van der Waals surface area contributed by atoms with E-state index in [1.54, 1.807) is 0 Å². The Morgan fingerprint density at radius 3 is 2.46 bits per heavy atom. The lowest BCUT2D eigenvalue weighted by atomic mass is 10.1. The summed E-state index contributed by atoms with van der Waals surface area (Å²) in [5, 5.41) is 11.2. The third kappa shape index (κ3) is 6.26. The van der Waals surface area contributed by atoms with Crippen LogP contribution in [0, 0.1) is 19.8 Å². The summed E-state index contributed by atoms with van der Waals surface area (Å²) in [6.07, 6.45) is 1.87. The second-order valence-corrected chi connectivity index (χ2v) is 6.74. The number of pyridine rings is 1. The molecule has 0 saturated heterocycles. The number of halogens is 1. The maximum Gasteiger partial charge on any atom is 0.191 e. The van der Waals surface area contributed by atoms with Crippen LogP contribution in [0.25, 0.3) is 5.82 Å². The number of rotatable bonds is 6. The fourth-order valence-corrected chi connectivity index (χ4v) is 2.37. The van der Waals surface area contributed by atoms with Gasteiger partial charge in [0, 0.05) is 24.5 Å². The molecule has 0 saturated carbocycles. The summed E-state index contributed by atoms with van der Waals surface area (Å²) in [4.78, 5) is 9.19. The molecule has 0 bridgehead atoms. The summed E-state index contributed by atoms with van der Waals surface area (Å²) in [6, 6.07) is 6.45. The maximum atomic E-state index is 4.66. The van der Waals surface area contributed by atoms with E-state index < -0.39 is 0 Å². The molecule has 2 aromatic heterocycles. The smallest absolute Gasteiger partial charge is 0.191 e. The van der Waals surface area contributed by atoms with Crippen molar-refractivity contribution in [2.45, 2.75) is 54.1 Å². The van der Waals surface area contributed by atoms with E-state index in [1.165, 1.54) is 0 Å². The van der Waals surface area contributed by atoms with Gasteiger partial charge < -0.3 is 10.6 Å². The van der Waals surface area contributed by atoms with Gasteiger partial charge in [-0.3, -0.25) is 0 Å². The average molecular weight is 470 g/mol. The van der Waals surface area contributed by atoms with Crippen molar-refractivity contribution in [3.8, 4) is 5.82 Å². The van der Waals surface area contributed by atoms with Crippen LogP contribution in [-0.2, 0) is 6.54 Å². The Kier molecular flexibility index (Phi) is 9.04. The Hall–Kier alpha value is -1.64. The van der Waals surface area contributed by atoms with Gasteiger partial charge in [0.1, 0.15) is 0 Å². The van der Waals surface area contributed by atoms with Crippen LogP contribution in [0.15, 0.2) is 29.4 Å². The lowest BCUT2D eigenvalue weighted by Gasteiger charge is -2.20. The quantitative estimate of drug-likeness (QED) is 0.385. The van der Waals surface area contributed by atoms with Crippen molar-refractivity contribution in [1.82, 2.24) is 25.4 Å². The van der Waals surface area contributed by atoms with Gasteiger partial charge in [-0.05, 0) is 51.3 Å². The van der Waals surface area contributed by atoms with E-state index in [1.807, 2.05) is 36.9 Å². The van der Waals surface area contributed by atoms with E-state index in [4.69, 9.17) is 0 Å². The molecule has 0 spiro atoms. The summed E-state index contributed by atoms with van der Waals surface area (Å²) < 4.78 is 1.86. The predicted octanol–water partition coefficient (Wildman–Crippen LogP) is 3.60. The van der Waals surface area contributed by atoms with Crippen molar-refractivity contribution in [2.24, 2.45) is 10.9 Å². The maximum absolute atomic E-state index is 4.66. The molecule has 2 rings (SSSR count). The number of aryl methyl sites for hydroxylation is 2. The molecule has 0 aliphatic rings. The van der Waals surface area contributed by atoms with Crippen molar-refractivity contribution >= 4 is 29.9 Å².